The van der Waals surface area contributed by atoms with E-state index in [0.717, 1.165) is 5.69 Å². The maximum absolute atomic E-state index is 2.56. The molecule has 1 heteroatoms. The van der Waals surface area contributed by atoms with Crippen molar-refractivity contribution < 1.29 is 0 Å². The maximum Gasteiger partial charge on any atom is 0.0714 e. The molecule has 1 fully saturated rings. The van der Waals surface area contributed by atoms with Gasteiger partial charge in [0, 0.05) is 16.8 Å². The van der Waals surface area contributed by atoms with Crippen molar-refractivity contribution >= 4 is 27.8 Å². The van der Waals surface area contributed by atoms with Gasteiger partial charge >= 0.3 is 0 Å². The fourth-order valence-corrected chi connectivity index (χ4v) is 10.4. The van der Waals surface area contributed by atoms with Gasteiger partial charge in [0.15, 0.2) is 0 Å². The molecule has 1 saturated carbocycles. The molecule has 10 rings (SSSR count). The molecule has 58 heavy (non-hydrogen) atoms. The number of hydrogen-bond acceptors (Lipinski definition) is 1. The largest absolute Gasteiger partial charge is 0.309 e. The number of nitrogens with zero attached hydrogens (tertiary/aromatic N) is 1. The topological polar surface area (TPSA) is 3.24 Å². The fourth-order valence-electron chi connectivity index (χ4n) is 10.4. The van der Waals surface area contributed by atoms with Gasteiger partial charge in [0.25, 0.3) is 0 Å². The average molecular weight is 750 g/mol. The minimum absolute atomic E-state index is 0.0393. The molecule has 0 radical (unpaired) electrons. The van der Waals surface area contributed by atoms with Gasteiger partial charge in [0.05, 0.1) is 16.8 Å². The smallest absolute Gasteiger partial charge is 0.0714 e. The zero-order chi connectivity index (χ0) is 39.3. The molecule has 0 bridgehead atoms. The van der Waals surface area contributed by atoms with Crippen molar-refractivity contribution in [3.05, 3.63) is 221 Å². The highest BCUT2D eigenvalue weighted by atomic mass is 15.1. The molecule has 8 aromatic rings. The van der Waals surface area contributed by atoms with Gasteiger partial charge in [0.2, 0.25) is 0 Å². The summed E-state index contributed by atoms with van der Waals surface area (Å²) in [5.41, 5.74) is 16.2. The second kappa shape index (κ2) is 14.6. The molecular formula is C57H51N. The molecule has 2 aliphatic carbocycles. The lowest BCUT2D eigenvalue weighted by molar-refractivity contribution is 0.445. The van der Waals surface area contributed by atoms with Crippen LogP contribution in [0.4, 0.5) is 17.1 Å². The van der Waals surface area contributed by atoms with E-state index in [0.29, 0.717) is 5.92 Å². The highest BCUT2D eigenvalue weighted by molar-refractivity contribution is 6.05. The first-order chi connectivity index (χ1) is 28.4. The van der Waals surface area contributed by atoms with Crippen LogP contribution in [0.5, 0.6) is 0 Å². The SMILES string of the molecule is CC(C)(C)c1ccc(N(c2ccccc2-c2cccc3cccc(C4CCCCC4)c23)c2cccc3c2-c2ccccc2C3(c2ccccc2)c2ccccc2)cc1. The van der Waals surface area contributed by atoms with E-state index in [1.54, 1.807) is 0 Å². The summed E-state index contributed by atoms with van der Waals surface area (Å²) >= 11 is 0. The summed E-state index contributed by atoms with van der Waals surface area (Å²) in [6.45, 7) is 6.90. The van der Waals surface area contributed by atoms with Gasteiger partial charge in [0.1, 0.15) is 0 Å². The number of fused-ring (bicyclic) bond motifs is 4. The highest BCUT2D eigenvalue weighted by Gasteiger charge is 2.47. The first-order valence-electron chi connectivity index (χ1n) is 21.3. The molecule has 0 spiro atoms. The summed E-state index contributed by atoms with van der Waals surface area (Å²) in [6.07, 6.45) is 6.50. The van der Waals surface area contributed by atoms with Crippen LogP contribution in [0.1, 0.15) is 92.2 Å². The minimum atomic E-state index is -0.490. The van der Waals surface area contributed by atoms with Crippen LogP contribution in [0.25, 0.3) is 33.0 Å². The van der Waals surface area contributed by atoms with E-state index in [1.165, 1.54) is 110 Å². The lowest BCUT2D eigenvalue weighted by Crippen LogP contribution is -2.28. The lowest BCUT2D eigenvalue weighted by Gasteiger charge is -2.35. The van der Waals surface area contributed by atoms with E-state index >= 15 is 0 Å². The molecule has 1 nitrogen and oxygen atoms in total. The summed E-state index contributed by atoms with van der Waals surface area (Å²) < 4.78 is 0. The Labute approximate surface area is 344 Å². The summed E-state index contributed by atoms with van der Waals surface area (Å²) in [6, 6.07) is 70.9. The third-order valence-corrected chi connectivity index (χ3v) is 13.1. The summed E-state index contributed by atoms with van der Waals surface area (Å²) in [7, 11) is 0. The van der Waals surface area contributed by atoms with Gasteiger partial charge in [-0.15, -0.1) is 0 Å². The molecule has 0 aromatic heterocycles. The highest BCUT2D eigenvalue weighted by Crippen LogP contribution is 2.60. The van der Waals surface area contributed by atoms with Crippen molar-refractivity contribution in [1.82, 2.24) is 0 Å². The van der Waals surface area contributed by atoms with Crippen LogP contribution in [0, 0.1) is 0 Å². The van der Waals surface area contributed by atoms with Gasteiger partial charge < -0.3 is 4.90 Å². The third kappa shape index (κ3) is 5.90. The molecule has 8 aromatic carbocycles. The van der Waals surface area contributed by atoms with Crippen molar-refractivity contribution in [2.75, 3.05) is 4.90 Å². The third-order valence-electron chi connectivity index (χ3n) is 13.1. The van der Waals surface area contributed by atoms with Crippen LogP contribution in [0.3, 0.4) is 0 Å². The van der Waals surface area contributed by atoms with Gasteiger partial charge in [-0.05, 0) is 104 Å². The normalized spacial score (nSPS) is 14.9. The number of benzene rings is 8. The van der Waals surface area contributed by atoms with E-state index in [2.05, 4.69) is 214 Å². The Morgan fingerprint density at radius 3 is 1.71 bits per heavy atom. The Balaban J connectivity index is 1.27. The van der Waals surface area contributed by atoms with Crippen molar-refractivity contribution in [2.24, 2.45) is 0 Å². The van der Waals surface area contributed by atoms with E-state index in [1.807, 2.05) is 0 Å². The molecule has 0 saturated heterocycles. The van der Waals surface area contributed by atoms with Gasteiger partial charge in [-0.1, -0.05) is 204 Å². The van der Waals surface area contributed by atoms with Gasteiger partial charge in [-0.2, -0.15) is 0 Å². The number of anilines is 3. The van der Waals surface area contributed by atoms with E-state index < -0.39 is 5.41 Å². The lowest BCUT2D eigenvalue weighted by atomic mass is 9.68. The summed E-state index contributed by atoms with van der Waals surface area (Å²) in [4.78, 5) is 2.56. The van der Waals surface area contributed by atoms with Crippen LogP contribution >= 0.6 is 0 Å². The van der Waals surface area contributed by atoms with Crippen LogP contribution in [0.15, 0.2) is 188 Å². The maximum atomic E-state index is 2.56. The van der Waals surface area contributed by atoms with Gasteiger partial charge in [-0.3, -0.25) is 0 Å². The quantitative estimate of drug-likeness (QED) is 0.157. The monoisotopic (exact) mass is 749 g/mol. The minimum Gasteiger partial charge on any atom is -0.309 e. The predicted octanol–water partition coefficient (Wildman–Crippen LogP) is 15.7. The Morgan fingerprint density at radius 2 is 1.02 bits per heavy atom. The standard InChI is InChI=1S/C57H51N/c1-56(2,3)42-36-38-45(39-37-42)58(52-34-16-14-28-47(52)48-31-18-23-41-22-17-30-46(54(41)48)40-20-7-4-8-21-40)53-35-19-33-51-55(53)49-29-13-15-32-50(49)57(51,43-24-9-5-10-25-43)44-26-11-6-12-27-44/h5-6,9-19,22-40H,4,7-8,20-21H2,1-3H3. The summed E-state index contributed by atoms with van der Waals surface area (Å²) in [5.74, 6) is 0.588. The van der Waals surface area contributed by atoms with Crippen LogP contribution in [-0.4, -0.2) is 0 Å². The molecule has 0 aliphatic heterocycles. The van der Waals surface area contributed by atoms with E-state index in [9.17, 15) is 0 Å². The molecular weight excluding hydrogens is 699 g/mol. The molecule has 0 N–H and O–H groups in total. The molecule has 0 atom stereocenters. The van der Waals surface area contributed by atoms with Crippen molar-refractivity contribution in [3.8, 4) is 22.3 Å². The molecule has 284 valence electrons. The van der Waals surface area contributed by atoms with Crippen molar-refractivity contribution in [3.63, 3.8) is 0 Å². The second-order valence-electron chi connectivity index (χ2n) is 17.5. The van der Waals surface area contributed by atoms with Crippen molar-refractivity contribution in [2.45, 2.75) is 69.6 Å². The van der Waals surface area contributed by atoms with Crippen LogP contribution in [0.2, 0.25) is 0 Å². The first-order valence-corrected chi connectivity index (χ1v) is 21.3. The second-order valence-corrected chi connectivity index (χ2v) is 17.5. The van der Waals surface area contributed by atoms with E-state index in [-0.39, 0.29) is 5.41 Å². The number of rotatable bonds is 7. The zero-order valence-electron chi connectivity index (χ0n) is 34.0. The van der Waals surface area contributed by atoms with Crippen molar-refractivity contribution in [1.29, 1.82) is 0 Å². The number of hydrogen-bond donors (Lipinski definition) is 0. The Morgan fingerprint density at radius 1 is 0.466 bits per heavy atom. The van der Waals surface area contributed by atoms with E-state index in [4.69, 9.17) is 0 Å². The molecule has 0 unspecified atom stereocenters. The molecule has 0 heterocycles. The Bertz CT molecular complexity index is 2680. The van der Waals surface area contributed by atoms with Gasteiger partial charge in [-0.25, -0.2) is 0 Å². The first kappa shape index (κ1) is 36.2. The molecule has 2 aliphatic rings. The average Bonchev–Trinajstić information content (AvgIpc) is 3.59. The fraction of sp³-hybridized carbons (Fsp3) is 0.193. The number of para-hydroxylation sites is 1. The molecule has 0 amide bonds. The summed E-state index contributed by atoms with van der Waals surface area (Å²) in [5, 5.41) is 2.73. The zero-order valence-corrected chi connectivity index (χ0v) is 34.0. The Kier molecular flexibility index (Phi) is 9.13. The predicted molar refractivity (Wildman–Crippen MR) is 246 cm³/mol. The van der Waals surface area contributed by atoms with Crippen LogP contribution in [-0.2, 0) is 10.8 Å². The van der Waals surface area contributed by atoms with Crippen LogP contribution < -0.4 is 4.90 Å². The Hall–Kier alpha value is -6.18.